The highest BCUT2D eigenvalue weighted by Gasteiger charge is 2.47. The Hall–Kier alpha value is -2.48. The lowest BCUT2D eigenvalue weighted by atomic mass is 10.0. The van der Waals surface area contributed by atoms with E-state index in [1.54, 1.807) is 0 Å². The maximum absolute atomic E-state index is 6.48. The Morgan fingerprint density at radius 3 is 1.61 bits per heavy atom. The molecule has 0 spiro atoms. The molecule has 0 N–H and O–H groups in total. The Labute approximate surface area is 201 Å². The second-order valence-electron chi connectivity index (χ2n) is 8.42. The van der Waals surface area contributed by atoms with Crippen LogP contribution in [0, 0.1) is 0 Å². The number of hydrogen-bond acceptors (Lipinski definition) is 2. The van der Waals surface area contributed by atoms with Gasteiger partial charge in [-0.1, -0.05) is 72.3 Å². The van der Waals surface area contributed by atoms with E-state index in [9.17, 15) is 0 Å². The lowest BCUT2D eigenvalue weighted by molar-refractivity contribution is -0.150. The standard InChI is InChI=1S/C29H27ClO2P/c1-29(31-19-20-32-29)28-21-24(30)18-17-23(28)22-33(25-11-5-2-6-12-25,26-13-7-3-8-14-26)27-15-9-4-10-16-27/h2-18,21H,19-20,22H2,1H3/q+1. The van der Waals surface area contributed by atoms with Crippen LogP contribution in [0.3, 0.4) is 0 Å². The summed E-state index contributed by atoms with van der Waals surface area (Å²) in [5, 5.41) is 4.74. The second kappa shape index (κ2) is 9.41. The summed E-state index contributed by atoms with van der Waals surface area (Å²) in [7, 11) is -2.04. The highest BCUT2D eigenvalue weighted by atomic mass is 35.5. The minimum atomic E-state index is -2.04. The topological polar surface area (TPSA) is 18.5 Å². The monoisotopic (exact) mass is 473 g/mol. The first-order valence-corrected chi connectivity index (χ1v) is 13.6. The van der Waals surface area contributed by atoms with E-state index in [1.807, 2.05) is 19.1 Å². The number of halogens is 1. The van der Waals surface area contributed by atoms with Crippen LogP contribution in [-0.2, 0) is 21.4 Å². The van der Waals surface area contributed by atoms with Crippen molar-refractivity contribution in [1.82, 2.24) is 0 Å². The SMILES string of the molecule is CC1(c2cc(Cl)ccc2C[P+](c2ccccc2)(c2ccccc2)c2ccccc2)OCCO1. The van der Waals surface area contributed by atoms with E-state index in [1.165, 1.54) is 21.5 Å². The molecule has 1 saturated heterocycles. The van der Waals surface area contributed by atoms with Crippen LogP contribution in [0.4, 0.5) is 0 Å². The molecule has 4 aromatic carbocycles. The van der Waals surface area contributed by atoms with Gasteiger partial charge in [-0.2, -0.15) is 0 Å². The van der Waals surface area contributed by atoms with Crippen molar-refractivity contribution in [2.75, 3.05) is 13.2 Å². The first-order chi connectivity index (χ1) is 16.1. The van der Waals surface area contributed by atoms with Crippen LogP contribution in [0.5, 0.6) is 0 Å². The summed E-state index contributed by atoms with van der Waals surface area (Å²) >= 11 is 6.48. The molecule has 5 rings (SSSR count). The van der Waals surface area contributed by atoms with Crippen LogP contribution in [-0.4, -0.2) is 13.2 Å². The molecule has 0 aliphatic carbocycles. The van der Waals surface area contributed by atoms with E-state index in [0.29, 0.717) is 18.2 Å². The van der Waals surface area contributed by atoms with Gasteiger partial charge in [0.1, 0.15) is 23.2 Å². The fourth-order valence-electron chi connectivity index (χ4n) is 4.80. The lowest BCUT2D eigenvalue weighted by Crippen LogP contribution is -2.33. The zero-order chi connectivity index (χ0) is 22.7. The summed E-state index contributed by atoms with van der Waals surface area (Å²) in [5.41, 5.74) is 2.22. The third-order valence-electron chi connectivity index (χ3n) is 6.40. The van der Waals surface area contributed by atoms with Crippen LogP contribution < -0.4 is 15.9 Å². The zero-order valence-corrected chi connectivity index (χ0v) is 20.3. The molecule has 0 bridgehead atoms. The van der Waals surface area contributed by atoms with Crippen molar-refractivity contribution < 1.29 is 9.47 Å². The van der Waals surface area contributed by atoms with Crippen molar-refractivity contribution >= 4 is 34.8 Å². The van der Waals surface area contributed by atoms with E-state index < -0.39 is 13.0 Å². The second-order valence-corrected chi connectivity index (χ2v) is 12.3. The third-order valence-corrected chi connectivity index (χ3v) is 11.0. The molecule has 166 valence electrons. The summed E-state index contributed by atoms with van der Waals surface area (Å²) in [6.45, 7) is 3.17. The van der Waals surface area contributed by atoms with Gasteiger partial charge in [0.2, 0.25) is 0 Å². The predicted octanol–water partition coefficient (Wildman–Crippen LogP) is 6.05. The van der Waals surface area contributed by atoms with E-state index >= 15 is 0 Å². The fraction of sp³-hybridized carbons (Fsp3) is 0.172. The summed E-state index contributed by atoms with van der Waals surface area (Å²) in [4.78, 5) is 0. The van der Waals surface area contributed by atoms with E-state index in [4.69, 9.17) is 21.1 Å². The van der Waals surface area contributed by atoms with Crippen LogP contribution in [0.2, 0.25) is 5.02 Å². The molecule has 1 aliphatic rings. The first-order valence-electron chi connectivity index (χ1n) is 11.2. The summed E-state index contributed by atoms with van der Waals surface area (Å²) in [6.07, 6.45) is 0.847. The molecule has 2 nitrogen and oxygen atoms in total. The molecule has 1 heterocycles. The van der Waals surface area contributed by atoms with Gasteiger partial charge in [0.05, 0.1) is 19.4 Å². The Bertz CT molecular complexity index is 1110. The molecule has 4 aromatic rings. The molecule has 0 radical (unpaired) electrons. The van der Waals surface area contributed by atoms with Gasteiger partial charge >= 0.3 is 0 Å². The van der Waals surface area contributed by atoms with Gasteiger partial charge in [0, 0.05) is 10.6 Å². The average Bonchev–Trinajstić information content (AvgIpc) is 3.32. The normalized spacial score (nSPS) is 15.5. The lowest BCUT2D eigenvalue weighted by Gasteiger charge is -2.31. The molecule has 0 saturated carbocycles. The van der Waals surface area contributed by atoms with Gasteiger partial charge < -0.3 is 9.47 Å². The molecule has 0 atom stereocenters. The van der Waals surface area contributed by atoms with Gasteiger partial charge in [0.15, 0.2) is 5.79 Å². The Kier molecular flexibility index (Phi) is 6.36. The van der Waals surface area contributed by atoms with Gasteiger partial charge in [-0.15, -0.1) is 0 Å². The Morgan fingerprint density at radius 2 is 1.15 bits per heavy atom. The minimum absolute atomic E-state index is 0.582. The van der Waals surface area contributed by atoms with E-state index in [2.05, 4.69) is 97.1 Å². The molecule has 4 heteroatoms. The smallest absolute Gasteiger partial charge is 0.192 e. The molecule has 33 heavy (non-hydrogen) atoms. The third kappa shape index (κ3) is 4.25. The molecule has 0 aromatic heterocycles. The average molecular weight is 474 g/mol. The number of rotatable bonds is 6. The van der Waals surface area contributed by atoms with Crippen molar-refractivity contribution in [3.63, 3.8) is 0 Å². The van der Waals surface area contributed by atoms with Crippen molar-refractivity contribution in [2.45, 2.75) is 18.9 Å². The predicted molar refractivity (Wildman–Crippen MR) is 140 cm³/mol. The first kappa shape index (κ1) is 22.3. The Morgan fingerprint density at radius 1 is 0.697 bits per heavy atom. The molecular formula is C29H27ClO2P+. The van der Waals surface area contributed by atoms with Crippen molar-refractivity contribution in [3.05, 3.63) is 125 Å². The summed E-state index contributed by atoms with van der Waals surface area (Å²) in [5.74, 6) is -0.792. The van der Waals surface area contributed by atoms with Crippen molar-refractivity contribution in [1.29, 1.82) is 0 Å². The number of benzene rings is 4. The van der Waals surface area contributed by atoms with E-state index in [0.717, 1.165) is 11.7 Å². The molecule has 0 unspecified atom stereocenters. The van der Waals surface area contributed by atoms with Crippen LogP contribution in [0.15, 0.2) is 109 Å². The highest BCUT2D eigenvalue weighted by Crippen LogP contribution is 2.59. The van der Waals surface area contributed by atoms with Gasteiger partial charge in [0.25, 0.3) is 0 Å². The van der Waals surface area contributed by atoms with Crippen molar-refractivity contribution in [3.8, 4) is 0 Å². The van der Waals surface area contributed by atoms with Gasteiger partial charge in [-0.3, -0.25) is 0 Å². The maximum Gasteiger partial charge on any atom is 0.192 e. The zero-order valence-electron chi connectivity index (χ0n) is 18.7. The molecule has 1 fully saturated rings. The highest BCUT2D eigenvalue weighted by molar-refractivity contribution is 7.95. The van der Waals surface area contributed by atoms with Crippen molar-refractivity contribution in [2.24, 2.45) is 0 Å². The maximum atomic E-state index is 6.48. The van der Waals surface area contributed by atoms with Crippen LogP contribution in [0.25, 0.3) is 0 Å². The fourth-order valence-corrected chi connectivity index (χ4v) is 9.25. The molecule has 1 aliphatic heterocycles. The van der Waals surface area contributed by atoms with Crippen LogP contribution >= 0.6 is 18.9 Å². The number of hydrogen-bond donors (Lipinski definition) is 0. The van der Waals surface area contributed by atoms with Gasteiger partial charge in [-0.25, -0.2) is 0 Å². The van der Waals surface area contributed by atoms with E-state index in [-0.39, 0.29) is 0 Å². The number of ether oxygens (including phenoxy) is 2. The Balaban J connectivity index is 1.77. The molecule has 0 amide bonds. The quantitative estimate of drug-likeness (QED) is 0.317. The molecular weight excluding hydrogens is 447 g/mol. The van der Waals surface area contributed by atoms with Crippen LogP contribution in [0.1, 0.15) is 18.1 Å². The largest absolute Gasteiger partial charge is 0.344 e. The minimum Gasteiger partial charge on any atom is -0.344 e. The summed E-state index contributed by atoms with van der Waals surface area (Å²) in [6, 6.07) is 38.9. The summed E-state index contributed by atoms with van der Waals surface area (Å²) < 4.78 is 12.2. The van der Waals surface area contributed by atoms with Gasteiger partial charge in [-0.05, 0) is 61.0 Å².